The lowest BCUT2D eigenvalue weighted by molar-refractivity contribution is 0.577. The van der Waals surface area contributed by atoms with Crippen LogP contribution in [0, 0.1) is 0 Å². The Hall–Kier alpha value is -1.38. The molecule has 3 heteroatoms. The normalized spacial score (nSPS) is 18.8. The van der Waals surface area contributed by atoms with Crippen molar-refractivity contribution >= 4 is 18.3 Å². The molecule has 2 heterocycles. The molecule has 0 bridgehead atoms. The molecule has 1 aromatic heterocycles. The SMILES string of the molecule is CC1(C)C=Nc2occc2C=N1. The van der Waals surface area contributed by atoms with Crippen molar-refractivity contribution in [2.75, 3.05) is 0 Å². The smallest absolute Gasteiger partial charge is 0.227 e. The van der Waals surface area contributed by atoms with Crippen LogP contribution in [0.5, 0.6) is 0 Å². The molecule has 0 atom stereocenters. The molecule has 0 aromatic carbocycles. The third-order valence-electron chi connectivity index (χ3n) is 1.71. The molecule has 0 fully saturated rings. The minimum atomic E-state index is -0.221. The summed E-state index contributed by atoms with van der Waals surface area (Å²) in [5.41, 5.74) is 0.721. The minimum Gasteiger partial charge on any atom is -0.446 e. The predicted octanol–water partition coefficient (Wildman–Crippen LogP) is 2.19. The molecule has 3 nitrogen and oxygen atoms in total. The molecular formula is C9H10N2O. The van der Waals surface area contributed by atoms with Gasteiger partial charge in [-0.3, -0.25) is 4.99 Å². The molecule has 1 aromatic rings. The van der Waals surface area contributed by atoms with E-state index >= 15 is 0 Å². The van der Waals surface area contributed by atoms with E-state index in [9.17, 15) is 0 Å². The first-order valence-electron chi connectivity index (χ1n) is 3.85. The van der Waals surface area contributed by atoms with Crippen LogP contribution in [-0.4, -0.2) is 18.0 Å². The van der Waals surface area contributed by atoms with Crippen molar-refractivity contribution in [3.8, 4) is 0 Å². The van der Waals surface area contributed by atoms with Crippen LogP contribution in [0.25, 0.3) is 0 Å². The second-order valence-corrected chi connectivity index (χ2v) is 3.35. The van der Waals surface area contributed by atoms with Crippen molar-refractivity contribution in [3.05, 3.63) is 17.9 Å². The number of nitrogens with zero attached hydrogens (tertiary/aromatic N) is 2. The highest BCUT2D eigenvalue weighted by Gasteiger charge is 2.15. The topological polar surface area (TPSA) is 37.9 Å². The van der Waals surface area contributed by atoms with E-state index < -0.39 is 0 Å². The van der Waals surface area contributed by atoms with Crippen LogP contribution in [0.2, 0.25) is 0 Å². The average Bonchev–Trinajstić information content (AvgIpc) is 2.40. The number of rotatable bonds is 0. The Labute approximate surface area is 70.8 Å². The maximum atomic E-state index is 5.14. The Morgan fingerprint density at radius 3 is 3.08 bits per heavy atom. The highest BCUT2D eigenvalue weighted by molar-refractivity contribution is 5.90. The summed E-state index contributed by atoms with van der Waals surface area (Å²) in [6.45, 7) is 4.00. The van der Waals surface area contributed by atoms with E-state index in [1.54, 1.807) is 18.7 Å². The number of hydrogen-bond donors (Lipinski definition) is 0. The van der Waals surface area contributed by atoms with Crippen LogP contribution in [0.4, 0.5) is 5.88 Å². The monoisotopic (exact) mass is 162 g/mol. The zero-order valence-corrected chi connectivity index (χ0v) is 7.11. The molecule has 0 aliphatic carbocycles. The standard InChI is InChI=1S/C9H10N2O/c1-9(2)6-10-8-7(5-11-9)3-4-12-8/h3-6H,1-2H3. The van der Waals surface area contributed by atoms with E-state index in [1.807, 2.05) is 19.9 Å². The average molecular weight is 162 g/mol. The fraction of sp³-hybridized carbons (Fsp3) is 0.333. The van der Waals surface area contributed by atoms with Gasteiger partial charge >= 0.3 is 0 Å². The van der Waals surface area contributed by atoms with Gasteiger partial charge in [-0.05, 0) is 19.9 Å². The van der Waals surface area contributed by atoms with Gasteiger partial charge in [-0.25, -0.2) is 4.99 Å². The first-order valence-corrected chi connectivity index (χ1v) is 3.85. The summed E-state index contributed by atoms with van der Waals surface area (Å²) in [6, 6.07) is 1.86. The van der Waals surface area contributed by atoms with E-state index in [4.69, 9.17) is 4.42 Å². The summed E-state index contributed by atoms with van der Waals surface area (Å²) < 4.78 is 5.14. The van der Waals surface area contributed by atoms with Gasteiger partial charge in [0.15, 0.2) is 0 Å². The van der Waals surface area contributed by atoms with Gasteiger partial charge in [0.1, 0.15) is 0 Å². The third kappa shape index (κ3) is 1.18. The van der Waals surface area contributed by atoms with Gasteiger partial charge in [0.05, 0.1) is 17.4 Å². The largest absolute Gasteiger partial charge is 0.446 e. The van der Waals surface area contributed by atoms with Gasteiger partial charge in [0.2, 0.25) is 5.88 Å². The maximum absolute atomic E-state index is 5.14. The Kier molecular flexibility index (Phi) is 1.40. The Morgan fingerprint density at radius 1 is 1.42 bits per heavy atom. The Morgan fingerprint density at radius 2 is 2.25 bits per heavy atom. The third-order valence-corrected chi connectivity index (χ3v) is 1.71. The fourth-order valence-corrected chi connectivity index (χ4v) is 1.00. The minimum absolute atomic E-state index is 0.221. The van der Waals surface area contributed by atoms with Gasteiger partial charge in [-0.2, -0.15) is 0 Å². The fourth-order valence-electron chi connectivity index (χ4n) is 1.00. The number of fused-ring (bicyclic) bond motifs is 1. The summed E-state index contributed by atoms with van der Waals surface area (Å²) in [7, 11) is 0. The van der Waals surface area contributed by atoms with E-state index in [0.29, 0.717) is 5.88 Å². The second-order valence-electron chi connectivity index (χ2n) is 3.35. The maximum Gasteiger partial charge on any atom is 0.227 e. The van der Waals surface area contributed by atoms with Gasteiger partial charge < -0.3 is 4.42 Å². The number of aliphatic imine (C=N–C) groups is 2. The highest BCUT2D eigenvalue weighted by atomic mass is 16.3. The summed E-state index contributed by atoms with van der Waals surface area (Å²) >= 11 is 0. The molecule has 0 amide bonds. The molecular weight excluding hydrogens is 152 g/mol. The van der Waals surface area contributed by atoms with Crippen molar-refractivity contribution in [2.24, 2.45) is 9.98 Å². The summed E-state index contributed by atoms with van der Waals surface area (Å²) in [5.74, 6) is 0.643. The molecule has 2 rings (SSSR count). The lowest BCUT2D eigenvalue weighted by Gasteiger charge is -2.09. The van der Waals surface area contributed by atoms with Crippen molar-refractivity contribution in [3.63, 3.8) is 0 Å². The number of hydrogen-bond acceptors (Lipinski definition) is 3. The molecule has 0 radical (unpaired) electrons. The van der Waals surface area contributed by atoms with Crippen LogP contribution in [0.1, 0.15) is 19.4 Å². The Balaban J connectivity index is 2.49. The zero-order chi connectivity index (χ0) is 8.60. The van der Waals surface area contributed by atoms with Crippen LogP contribution < -0.4 is 0 Å². The van der Waals surface area contributed by atoms with E-state index in [-0.39, 0.29) is 5.54 Å². The van der Waals surface area contributed by atoms with Crippen molar-refractivity contribution in [2.45, 2.75) is 19.4 Å². The lowest BCUT2D eigenvalue weighted by atomic mass is 10.1. The quantitative estimate of drug-likeness (QED) is 0.576. The van der Waals surface area contributed by atoms with Crippen molar-refractivity contribution < 1.29 is 4.42 Å². The molecule has 1 aliphatic heterocycles. The van der Waals surface area contributed by atoms with Gasteiger partial charge in [0, 0.05) is 12.4 Å². The van der Waals surface area contributed by atoms with Crippen LogP contribution in [0.15, 0.2) is 26.7 Å². The molecule has 0 N–H and O–H groups in total. The molecule has 62 valence electrons. The van der Waals surface area contributed by atoms with Gasteiger partial charge in [0.25, 0.3) is 0 Å². The first-order chi connectivity index (χ1) is 5.67. The van der Waals surface area contributed by atoms with E-state index in [2.05, 4.69) is 9.98 Å². The lowest BCUT2D eigenvalue weighted by Crippen LogP contribution is -2.17. The zero-order valence-electron chi connectivity index (χ0n) is 7.11. The predicted molar refractivity (Wildman–Crippen MR) is 48.5 cm³/mol. The first kappa shape index (κ1) is 7.28. The van der Waals surface area contributed by atoms with Crippen molar-refractivity contribution in [1.29, 1.82) is 0 Å². The van der Waals surface area contributed by atoms with Crippen LogP contribution in [-0.2, 0) is 0 Å². The molecule has 1 aliphatic rings. The van der Waals surface area contributed by atoms with Crippen molar-refractivity contribution in [1.82, 2.24) is 0 Å². The molecule has 0 saturated heterocycles. The molecule has 0 unspecified atom stereocenters. The molecule has 0 spiro atoms. The molecule has 0 saturated carbocycles. The number of furan rings is 1. The van der Waals surface area contributed by atoms with E-state index in [0.717, 1.165) is 5.56 Å². The van der Waals surface area contributed by atoms with Crippen LogP contribution >= 0.6 is 0 Å². The van der Waals surface area contributed by atoms with Crippen LogP contribution in [0.3, 0.4) is 0 Å². The summed E-state index contributed by atoms with van der Waals surface area (Å²) in [4.78, 5) is 8.52. The Bertz CT molecular complexity index is 317. The van der Waals surface area contributed by atoms with E-state index in [1.165, 1.54) is 0 Å². The van der Waals surface area contributed by atoms with Gasteiger partial charge in [-0.15, -0.1) is 0 Å². The highest BCUT2D eigenvalue weighted by Crippen LogP contribution is 2.22. The second kappa shape index (κ2) is 2.30. The summed E-state index contributed by atoms with van der Waals surface area (Å²) in [6.07, 6.45) is 5.21. The van der Waals surface area contributed by atoms with Gasteiger partial charge in [-0.1, -0.05) is 0 Å². The molecule has 12 heavy (non-hydrogen) atoms. The summed E-state index contributed by atoms with van der Waals surface area (Å²) in [5, 5.41) is 0.